The van der Waals surface area contributed by atoms with Gasteiger partial charge in [0.2, 0.25) is 5.91 Å². The standard InChI is InChI=1S/C16H29N3O2/c17-13-16(5-11-21-12-6-16)15(20)19-9-7-18(8-10-19)14-3-1-2-4-14/h14H,1-13,17H2. The lowest BCUT2D eigenvalue weighted by Gasteiger charge is -2.43. The predicted molar refractivity (Wildman–Crippen MR) is 81.9 cm³/mol. The van der Waals surface area contributed by atoms with E-state index in [1.165, 1.54) is 25.7 Å². The predicted octanol–water partition coefficient (Wildman–Crippen LogP) is 0.829. The zero-order valence-electron chi connectivity index (χ0n) is 13.1. The summed E-state index contributed by atoms with van der Waals surface area (Å²) in [6.07, 6.45) is 7.01. The summed E-state index contributed by atoms with van der Waals surface area (Å²) in [6, 6.07) is 0.772. The molecule has 3 rings (SSSR count). The molecule has 21 heavy (non-hydrogen) atoms. The first-order valence-corrected chi connectivity index (χ1v) is 8.56. The molecule has 0 aromatic rings. The third-order valence-corrected chi connectivity index (χ3v) is 5.74. The van der Waals surface area contributed by atoms with E-state index in [1.54, 1.807) is 0 Å². The number of nitrogens with two attached hydrogens (primary N) is 1. The molecule has 0 atom stereocenters. The first-order chi connectivity index (χ1) is 10.2. The van der Waals surface area contributed by atoms with Crippen molar-refractivity contribution in [2.45, 2.75) is 44.6 Å². The summed E-state index contributed by atoms with van der Waals surface area (Å²) in [5.74, 6) is 0.277. The summed E-state index contributed by atoms with van der Waals surface area (Å²) in [7, 11) is 0. The van der Waals surface area contributed by atoms with Crippen LogP contribution in [0.15, 0.2) is 0 Å². The van der Waals surface area contributed by atoms with Crippen LogP contribution in [0.5, 0.6) is 0 Å². The third-order valence-electron chi connectivity index (χ3n) is 5.74. The number of rotatable bonds is 3. The first kappa shape index (κ1) is 15.3. The molecule has 2 saturated heterocycles. The fourth-order valence-electron chi connectivity index (χ4n) is 4.16. The van der Waals surface area contributed by atoms with Gasteiger partial charge in [0.05, 0.1) is 5.41 Å². The van der Waals surface area contributed by atoms with E-state index in [0.717, 1.165) is 45.1 Å². The van der Waals surface area contributed by atoms with Crippen molar-refractivity contribution in [2.75, 3.05) is 45.9 Å². The Bertz CT molecular complexity index is 355. The molecule has 120 valence electrons. The van der Waals surface area contributed by atoms with E-state index in [4.69, 9.17) is 10.5 Å². The van der Waals surface area contributed by atoms with E-state index in [9.17, 15) is 4.79 Å². The molecule has 3 aliphatic rings. The van der Waals surface area contributed by atoms with Gasteiger partial charge in [-0.05, 0) is 25.7 Å². The minimum absolute atomic E-state index is 0.277. The molecule has 2 aliphatic heterocycles. The molecule has 3 fully saturated rings. The average molecular weight is 295 g/mol. The average Bonchev–Trinajstić information content (AvgIpc) is 3.09. The Morgan fingerprint density at radius 1 is 1.10 bits per heavy atom. The number of piperazine rings is 1. The van der Waals surface area contributed by atoms with Gasteiger partial charge in [0.15, 0.2) is 0 Å². The number of hydrogen-bond acceptors (Lipinski definition) is 4. The Kier molecular flexibility index (Phi) is 4.82. The molecular weight excluding hydrogens is 266 g/mol. The van der Waals surface area contributed by atoms with Gasteiger partial charge in [-0.1, -0.05) is 12.8 Å². The summed E-state index contributed by atoms with van der Waals surface area (Å²) >= 11 is 0. The van der Waals surface area contributed by atoms with Gasteiger partial charge in [0.1, 0.15) is 0 Å². The van der Waals surface area contributed by atoms with Crippen molar-refractivity contribution in [3.05, 3.63) is 0 Å². The van der Waals surface area contributed by atoms with Crippen LogP contribution in [0.2, 0.25) is 0 Å². The Balaban J connectivity index is 1.56. The maximum atomic E-state index is 12.9. The lowest BCUT2D eigenvalue weighted by atomic mass is 9.78. The maximum absolute atomic E-state index is 12.9. The lowest BCUT2D eigenvalue weighted by Crippen LogP contribution is -2.57. The summed E-state index contributed by atoms with van der Waals surface area (Å²) in [4.78, 5) is 17.6. The molecule has 5 heteroatoms. The van der Waals surface area contributed by atoms with Gasteiger partial charge in [-0.3, -0.25) is 9.69 Å². The molecule has 0 radical (unpaired) electrons. The number of nitrogens with zero attached hydrogens (tertiary/aromatic N) is 2. The summed E-state index contributed by atoms with van der Waals surface area (Å²) in [5, 5.41) is 0. The van der Waals surface area contributed by atoms with Crippen LogP contribution < -0.4 is 5.73 Å². The number of carbonyl (C=O) groups is 1. The second kappa shape index (κ2) is 6.63. The van der Waals surface area contributed by atoms with E-state index < -0.39 is 0 Å². The summed E-state index contributed by atoms with van der Waals surface area (Å²) < 4.78 is 5.41. The van der Waals surface area contributed by atoms with Gasteiger partial charge in [0.25, 0.3) is 0 Å². The van der Waals surface area contributed by atoms with Crippen LogP contribution in [-0.2, 0) is 9.53 Å². The van der Waals surface area contributed by atoms with E-state index in [1.807, 2.05) is 0 Å². The molecule has 0 spiro atoms. The van der Waals surface area contributed by atoms with Crippen molar-refractivity contribution < 1.29 is 9.53 Å². The van der Waals surface area contributed by atoms with E-state index in [-0.39, 0.29) is 11.3 Å². The van der Waals surface area contributed by atoms with Crippen LogP contribution in [0.4, 0.5) is 0 Å². The highest BCUT2D eigenvalue weighted by atomic mass is 16.5. The maximum Gasteiger partial charge on any atom is 0.230 e. The van der Waals surface area contributed by atoms with E-state index >= 15 is 0 Å². The topological polar surface area (TPSA) is 58.8 Å². The molecule has 1 amide bonds. The number of hydrogen-bond donors (Lipinski definition) is 1. The second-order valence-corrected chi connectivity index (χ2v) is 6.86. The van der Waals surface area contributed by atoms with Crippen molar-refractivity contribution in [2.24, 2.45) is 11.1 Å². The van der Waals surface area contributed by atoms with Crippen LogP contribution in [0.3, 0.4) is 0 Å². The van der Waals surface area contributed by atoms with E-state index in [2.05, 4.69) is 9.80 Å². The molecule has 0 unspecified atom stereocenters. The first-order valence-electron chi connectivity index (χ1n) is 8.56. The molecule has 2 heterocycles. The molecule has 0 bridgehead atoms. The highest BCUT2D eigenvalue weighted by Crippen LogP contribution is 2.32. The molecular formula is C16H29N3O2. The van der Waals surface area contributed by atoms with Crippen LogP contribution >= 0.6 is 0 Å². The van der Waals surface area contributed by atoms with Gasteiger partial charge in [0, 0.05) is 52.0 Å². The number of carbonyl (C=O) groups excluding carboxylic acids is 1. The van der Waals surface area contributed by atoms with Crippen LogP contribution in [-0.4, -0.2) is 67.7 Å². The second-order valence-electron chi connectivity index (χ2n) is 6.86. The van der Waals surface area contributed by atoms with Crippen molar-refractivity contribution in [1.29, 1.82) is 0 Å². The Morgan fingerprint density at radius 3 is 2.29 bits per heavy atom. The van der Waals surface area contributed by atoms with Crippen molar-refractivity contribution in [1.82, 2.24) is 9.80 Å². The molecule has 5 nitrogen and oxygen atoms in total. The molecule has 0 aromatic carbocycles. The highest BCUT2D eigenvalue weighted by molar-refractivity contribution is 5.83. The largest absolute Gasteiger partial charge is 0.381 e. The van der Waals surface area contributed by atoms with Gasteiger partial charge in [-0.25, -0.2) is 0 Å². The zero-order chi connectivity index (χ0) is 14.7. The Hall–Kier alpha value is -0.650. The Morgan fingerprint density at radius 2 is 1.71 bits per heavy atom. The third kappa shape index (κ3) is 3.10. The molecule has 1 aliphatic carbocycles. The fraction of sp³-hybridized carbons (Fsp3) is 0.938. The summed E-state index contributed by atoms with van der Waals surface area (Å²) in [5.41, 5.74) is 5.61. The minimum Gasteiger partial charge on any atom is -0.381 e. The minimum atomic E-state index is -0.353. The van der Waals surface area contributed by atoms with Crippen molar-refractivity contribution in [3.63, 3.8) is 0 Å². The van der Waals surface area contributed by atoms with Gasteiger partial charge in [-0.15, -0.1) is 0 Å². The quantitative estimate of drug-likeness (QED) is 0.838. The van der Waals surface area contributed by atoms with Gasteiger partial charge in [-0.2, -0.15) is 0 Å². The van der Waals surface area contributed by atoms with Crippen LogP contribution in [0, 0.1) is 5.41 Å². The monoisotopic (exact) mass is 295 g/mol. The SMILES string of the molecule is NCC1(C(=O)N2CCN(C3CCCC3)CC2)CCOCC1. The van der Waals surface area contributed by atoms with Crippen molar-refractivity contribution in [3.8, 4) is 0 Å². The van der Waals surface area contributed by atoms with Crippen LogP contribution in [0.25, 0.3) is 0 Å². The zero-order valence-corrected chi connectivity index (χ0v) is 13.1. The molecule has 2 N–H and O–H groups in total. The number of ether oxygens (including phenoxy) is 1. The lowest BCUT2D eigenvalue weighted by molar-refractivity contribution is -0.149. The fourth-order valence-corrected chi connectivity index (χ4v) is 4.16. The highest BCUT2D eigenvalue weighted by Gasteiger charge is 2.42. The summed E-state index contributed by atoms with van der Waals surface area (Å²) in [6.45, 7) is 5.62. The smallest absolute Gasteiger partial charge is 0.230 e. The normalized spacial score (nSPS) is 28.0. The van der Waals surface area contributed by atoms with Crippen LogP contribution in [0.1, 0.15) is 38.5 Å². The van der Waals surface area contributed by atoms with E-state index in [0.29, 0.717) is 19.8 Å². The number of amides is 1. The van der Waals surface area contributed by atoms with Gasteiger partial charge >= 0.3 is 0 Å². The van der Waals surface area contributed by atoms with Gasteiger partial charge < -0.3 is 15.4 Å². The molecule has 0 aromatic heterocycles. The van der Waals surface area contributed by atoms with Crippen molar-refractivity contribution >= 4 is 5.91 Å². The Labute approximate surface area is 127 Å². The molecule has 1 saturated carbocycles.